The van der Waals surface area contributed by atoms with Crippen molar-refractivity contribution in [3.63, 3.8) is 0 Å². The predicted octanol–water partition coefficient (Wildman–Crippen LogP) is 3.69. The SMILES string of the molecule is CC(C)(C)c1c[nH]c2ncc(NC(=O)c3ccc(N)cc3)cc12. The first-order chi connectivity index (χ1) is 10.8. The lowest BCUT2D eigenvalue weighted by molar-refractivity contribution is 0.102. The number of rotatable bonds is 2. The van der Waals surface area contributed by atoms with Crippen molar-refractivity contribution in [2.75, 3.05) is 11.1 Å². The standard InChI is InChI=1S/C18H20N4O/c1-18(2,3)15-10-21-16-14(15)8-13(9-20-16)22-17(23)11-4-6-12(19)7-5-11/h4-10H,19H2,1-3H3,(H,20,21)(H,22,23). The van der Waals surface area contributed by atoms with Crippen LogP contribution in [0.5, 0.6) is 0 Å². The Morgan fingerprint density at radius 1 is 1.22 bits per heavy atom. The van der Waals surface area contributed by atoms with Gasteiger partial charge in [0.05, 0.1) is 11.9 Å². The Labute approximate surface area is 134 Å². The van der Waals surface area contributed by atoms with E-state index in [1.165, 1.54) is 5.56 Å². The molecule has 3 aromatic rings. The summed E-state index contributed by atoms with van der Waals surface area (Å²) >= 11 is 0. The Kier molecular flexibility index (Phi) is 3.56. The highest BCUT2D eigenvalue weighted by Gasteiger charge is 2.19. The summed E-state index contributed by atoms with van der Waals surface area (Å²) in [5, 5.41) is 3.90. The molecule has 2 aromatic heterocycles. The number of carbonyl (C=O) groups is 1. The smallest absolute Gasteiger partial charge is 0.255 e. The molecule has 0 spiro atoms. The van der Waals surface area contributed by atoms with Crippen LogP contribution in [-0.4, -0.2) is 15.9 Å². The van der Waals surface area contributed by atoms with E-state index in [2.05, 4.69) is 36.1 Å². The Balaban J connectivity index is 1.91. The number of benzene rings is 1. The number of H-pyrrole nitrogens is 1. The van der Waals surface area contributed by atoms with Gasteiger partial charge in [-0.2, -0.15) is 0 Å². The molecule has 0 aliphatic heterocycles. The Morgan fingerprint density at radius 3 is 2.57 bits per heavy atom. The van der Waals surface area contributed by atoms with E-state index in [0.29, 0.717) is 16.9 Å². The molecular weight excluding hydrogens is 288 g/mol. The lowest BCUT2D eigenvalue weighted by atomic mass is 9.87. The summed E-state index contributed by atoms with van der Waals surface area (Å²) in [4.78, 5) is 19.9. The predicted molar refractivity (Wildman–Crippen MR) is 93.6 cm³/mol. The zero-order valence-corrected chi connectivity index (χ0v) is 13.5. The summed E-state index contributed by atoms with van der Waals surface area (Å²) in [6.07, 6.45) is 3.63. The number of anilines is 2. The van der Waals surface area contributed by atoms with Gasteiger partial charge in [-0.05, 0) is 41.3 Å². The highest BCUT2D eigenvalue weighted by Crippen LogP contribution is 2.30. The quantitative estimate of drug-likeness (QED) is 0.631. The van der Waals surface area contributed by atoms with E-state index in [1.807, 2.05) is 12.3 Å². The molecular formula is C18H20N4O. The number of amides is 1. The molecule has 23 heavy (non-hydrogen) atoms. The van der Waals surface area contributed by atoms with Crippen molar-refractivity contribution >= 4 is 28.3 Å². The van der Waals surface area contributed by atoms with Gasteiger partial charge in [-0.3, -0.25) is 4.79 Å². The minimum Gasteiger partial charge on any atom is -0.399 e. The van der Waals surface area contributed by atoms with Crippen LogP contribution in [0.3, 0.4) is 0 Å². The maximum Gasteiger partial charge on any atom is 0.255 e. The number of hydrogen-bond acceptors (Lipinski definition) is 3. The van der Waals surface area contributed by atoms with Gasteiger partial charge in [-0.25, -0.2) is 4.98 Å². The molecule has 2 heterocycles. The van der Waals surface area contributed by atoms with Gasteiger partial charge in [0.15, 0.2) is 0 Å². The van der Waals surface area contributed by atoms with Crippen LogP contribution in [0.15, 0.2) is 42.7 Å². The van der Waals surface area contributed by atoms with Gasteiger partial charge >= 0.3 is 0 Å². The van der Waals surface area contributed by atoms with Crippen molar-refractivity contribution in [3.05, 3.63) is 53.9 Å². The Morgan fingerprint density at radius 2 is 1.91 bits per heavy atom. The van der Waals surface area contributed by atoms with Gasteiger partial charge in [0.1, 0.15) is 5.65 Å². The number of pyridine rings is 1. The summed E-state index contributed by atoms with van der Waals surface area (Å²) in [6, 6.07) is 8.77. The second-order valence-corrected chi connectivity index (χ2v) is 6.65. The lowest BCUT2D eigenvalue weighted by Crippen LogP contribution is -2.12. The van der Waals surface area contributed by atoms with Crippen molar-refractivity contribution < 1.29 is 4.79 Å². The lowest BCUT2D eigenvalue weighted by Gasteiger charge is -2.17. The fourth-order valence-corrected chi connectivity index (χ4v) is 2.53. The molecule has 5 heteroatoms. The molecule has 0 radical (unpaired) electrons. The molecule has 0 saturated carbocycles. The second kappa shape index (κ2) is 5.43. The van der Waals surface area contributed by atoms with E-state index in [0.717, 1.165) is 11.0 Å². The number of hydrogen-bond donors (Lipinski definition) is 3. The summed E-state index contributed by atoms with van der Waals surface area (Å²) in [5.41, 5.74) is 9.49. The van der Waals surface area contributed by atoms with E-state index >= 15 is 0 Å². The Bertz CT molecular complexity index is 857. The third-order valence-electron chi connectivity index (χ3n) is 3.77. The monoisotopic (exact) mass is 308 g/mol. The molecule has 1 amide bonds. The zero-order valence-electron chi connectivity index (χ0n) is 13.5. The molecule has 1 aromatic carbocycles. The Hall–Kier alpha value is -2.82. The van der Waals surface area contributed by atoms with Crippen molar-refractivity contribution in [2.24, 2.45) is 0 Å². The molecule has 0 aliphatic rings. The van der Waals surface area contributed by atoms with Crippen LogP contribution in [0.1, 0.15) is 36.7 Å². The molecule has 0 unspecified atom stereocenters. The van der Waals surface area contributed by atoms with Gasteiger partial charge in [-0.1, -0.05) is 20.8 Å². The molecule has 118 valence electrons. The van der Waals surface area contributed by atoms with Gasteiger partial charge in [0.2, 0.25) is 0 Å². The van der Waals surface area contributed by atoms with Crippen LogP contribution in [0, 0.1) is 0 Å². The summed E-state index contributed by atoms with van der Waals surface area (Å²) in [5.74, 6) is -0.181. The summed E-state index contributed by atoms with van der Waals surface area (Å²) in [7, 11) is 0. The molecule has 3 rings (SSSR count). The zero-order chi connectivity index (χ0) is 16.6. The van der Waals surface area contributed by atoms with Crippen molar-refractivity contribution in [2.45, 2.75) is 26.2 Å². The molecule has 0 aliphatic carbocycles. The molecule has 5 nitrogen and oxygen atoms in total. The van der Waals surface area contributed by atoms with Crippen LogP contribution >= 0.6 is 0 Å². The highest BCUT2D eigenvalue weighted by molar-refractivity contribution is 6.05. The van der Waals surface area contributed by atoms with Crippen molar-refractivity contribution in [1.82, 2.24) is 9.97 Å². The van der Waals surface area contributed by atoms with Gasteiger partial charge in [0, 0.05) is 22.8 Å². The molecule has 0 fully saturated rings. The number of carbonyl (C=O) groups excluding carboxylic acids is 1. The van der Waals surface area contributed by atoms with Crippen molar-refractivity contribution in [1.29, 1.82) is 0 Å². The van der Waals surface area contributed by atoms with E-state index in [9.17, 15) is 4.79 Å². The van der Waals surface area contributed by atoms with Crippen LogP contribution in [-0.2, 0) is 5.41 Å². The minimum atomic E-state index is -0.181. The first-order valence-electron chi connectivity index (χ1n) is 7.49. The average molecular weight is 308 g/mol. The fraction of sp³-hybridized carbons (Fsp3) is 0.222. The van der Waals surface area contributed by atoms with Gasteiger partial charge < -0.3 is 16.0 Å². The normalized spacial score (nSPS) is 11.6. The van der Waals surface area contributed by atoms with Crippen LogP contribution in [0.2, 0.25) is 0 Å². The molecule has 0 atom stereocenters. The second-order valence-electron chi connectivity index (χ2n) is 6.65. The van der Waals surface area contributed by atoms with Gasteiger partial charge in [0.25, 0.3) is 5.91 Å². The molecule has 0 bridgehead atoms. The number of nitrogens with two attached hydrogens (primary N) is 1. The van der Waals surface area contributed by atoms with Gasteiger partial charge in [-0.15, -0.1) is 0 Å². The number of nitrogens with one attached hydrogen (secondary N) is 2. The number of nitrogens with zero attached hydrogens (tertiary/aromatic N) is 1. The number of aromatic nitrogens is 2. The summed E-state index contributed by atoms with van der Waals surface area (Å²) < 4.78 is 0. The average Bonchev–Trinajstić information content (AvgIpc) is 2.91. The van der Waals surface area contributed by atoms with E-state index < -0.39 is 0 Å². The first-order valence-corrected chi connectivity index (χ1v) is 7.49. The third-order valence-corrected chi connectivity index (χ3v) is 3.77. The third kappa shape index (κ3) is 3.04. The minimum absolute atomic E-state index is 0.000477. The number of aromatic amines is 1. The number of fused-ring (bicyclic) bond motifs is 1. The van der Waals surface area contributed by atoms with E-state index in [-0.39, 0.29) is 11.3 Å². The maximum atomic E-state index is 12.3. The van der Waals surface area contributed by atoms with Crippen LogP contribution in [0.25, 0.3) is 11.0 Å². The van der Waals surface area contributed by atoms with Crippen molar-refractivity contribution in [3.8, 4) is 0 Å². The first kappa shape index (κ1) is 15.1. The maximum absolute atomic E-state index is 12.3. The van der Waals surface area contributed by atoms with Crippen LogP contribution < -0.4 is 11.1 Å². The highest BCUT2D eigenvalue weighted by atomic mass is 16.1. The largest absolute Gasteiger partial charge is 0.399 e. The molecule has 4 N–H and O–H groups in total. The number of nitrogen functional groups attached to an aromatic ring is 1. The van der Waals surface area contributed by atoms with E-state index in [4.69, 9.17) is 5.73 Å². The van der Waals surface area contributed by atoms with Crippen LogP contribution in [0.4, 0.5) is 11.4 Å². The molecule has 0 saturated heterocycles. The topological polar surface area (TPSA) is 83.8 Å². The van der Waals surface area contributed by atoms with E-state index in [1.54, 1.807) is 30.5 Å². The summed E-state index contributed by atoms with van der Waals surface area (Å²) in [6.45, 7) is 6.44. The fourth-order valence-electron chi connectivity index (χ4n) is 2.53.